The molecular formula is C36H31N5O7. The van der Waals surface area contributed by atoms with Crippen LogP contribution in [0.4, 0.5) is 10.5 Å². The molecule has 12 nitrogen and oxygen atoms in total. The van der Waals surface area contributed by atoms with Crippen molar-refractivity contribution in [1.29, 1.82) is 0 Å². The van der Waals surface area contributed by atoms with E-state index in [-0.39, 0.29) is 42.1 Å². The van der Waals surface area contributed by atoms with Crippen molar-refractivity contribution in [3.05, 3.63) is 119 Å². The molecule has 2 unspecified atom stereocenters. The first kappa shape index (κ1) is 29.5. The molecule has 0 fully saturated rings. The number of para-hydroxylation sites is 1. The number of amides is 2. The van der Waals surface area contributed by atoms with Crippen molar-refractivity contribution >= 4 is 24.0 Å². The smallest absolute Gasteiger partial charge is 0.408 e. The van der Waals surface area contributed by atoms with Gasteiger partial charge in [0.2, 0.25) is 17.7 Å². The molecule has 3 aliphatic heterocycles. The maximum absolute atomic E-state index is 14.0. The van der Waals surface area contributed by atoms with Crippen LogP contribution < -0.4 is 20.7 Å². The number of oxazole rings is 2. The number of nitrogens with one attached hydrogen (secondary N) is 3. The maximum atomic E-state index is 14.0. The van der Waals surface area contributed by atoms with E-state index in [1.165, 1.54) is 6.26 Å². The number of carbonyl (C=O) groups excluding carboxylic acids is 3. The van der Waals surface area contributed by atoms with Crippen molar-refractivity contribution in [3.63, 3.8) is 0 Å². The summed E-state index contributed by atoms with van der Waals surface area (Å²) in [5.41, 5.74) is 3.44. The summed E-state index contributed by atoms with van der Waals surface area (Å²) in [7, 11) is 0. The zero-order valence-electron chi connectivity index (χ0n) is 26.1. The Morgan fingerprint density at radius 2 is 1.88 bits per heavy atom. The summed E-state index contributed by atoms with van der Waals surface area (Å²) in [5.74, 6) is 0.686. The van der Waals surface area contributed by atoms with E-state index in [2.05, 4.69) is 20.9 Å². The molecule has 8 rings (SSSR count). The molecule has 0 saturated heterocycles. The van der Waals surface area contributed by atoms with E-state index in [9.17, 15) is 14.4 Å². The monoisotopic (exact) mass is 645 g/mol. The summed E-state index contributed by atoms with van der Waals surface area (Å²) in [6.07, 6.45) is 0.673. The van der Waals surface area contributed by atoms with Crippen LogP contribution in [0.1, 0.15) is 64.3 Å². The first-order valence-electron chi connectivity index (χ1n) is 15.7. The fourth-order valence-corrected chi connectivity index (χ4v) is 6.80. The van der Waals surface area contributed by atoms with Crippen LogP contribution in [-0.2, 0) is 28.0 Å². The molecule has 5 heterocycles. The SMILES string of the molecule is CC(C)[C@@H]1NC(=O)C(NC(=O)OCc2ccccc2)Cc2ccc3c(c2)C2(c4ccccc4N[C@H]2O3)c2oc1nc2-c1nc(C=O)co1. The summed E-state index contributed by atoms with van der Waals surface area (Å²) in [5, 5.41) is 9.36. The van der Waals surface area contributed by atoms with Crippen LogP contribution >= 0.6 is 0 Å². The van der Waals surface area contributed by atoms with E-state index in [4.69, 9.17) is 23.3 Å². The lowest BCUT2D eigenvalue weighted by molar-refractivity contribution is -0.124. The number of carbonyl (C=O) groups is 3. The van der Waals surface area contributed by atoms with Crippen molar-refractivity contribution in [2.75, 3.05) is 5.32 Å². The lowest BCUT2D eigenvalue weighted by Gasteiger charge is -2.28. The Kier molecular flexibility index (Phi) is 7.01. The lowest BCUT2D eigenvalue weighted by atomic mass is 9.72. The molecule has 48 heavy (non-hydrogen) atoms. The van der Waals surface area contributed by atoms with Crippen molar-refractivity contribution in [2.45, 2.75) is 50.6 Å². The van der Waals surface area contributed by atoms with Gasteiger partial charge in [-0.1, -0.05) is 74.5 Å². The van der Waals surface area contributed by atoms with Gasteiger partial charge < -0.3 is 34.3 Å². The van der Waals surface area contributed by atoms with Gasteiger partial charge in [-0.05, 0) is 34.7 Å². The van der Waals surface area contributed by atoms with Gasteiger partial charge in [0.05, 0.1) is 0 Å². The van der Waals surface area contributed by atoms with Crippen molar-refractivity contribution in [3.8, 4) is 17.3 Å². The van der Waals surface area contributed by atoms with E-state index in [0.29, 0.717) is 17.8 Å². The Morgan fingerprint density at radius 3 is 2.67 bits per heavy atom. The quantitative estimate of drug-likeness (QED) is 0.207. The van der Waals surface area contributed by atoms with Gasteiger partial charge >= 0.3 is 6.09 Å². The molecular weight excluding hydrogens is 614 g/mol. The lowest BCUT2D eigenvalue weighted by Crippen LogP contribution is -2.49. The number of hydrogen-bond acceptors (Lipinski definition) is 10. The molecule has 1 spiro atoms. The molecule has 4 atom stereocenters. The topological polar surface area (TPSA) is 158 Å². The van der Waals surface area contributed by atoms with Crippen LogP contribution in [0.15, 0.2) is 87.9 Å². The summed E-state index contributed by atoms with van der Waals surface area (Å²) in [6, 6.07) is 21.2. The number of hydrogen-bond donors (Lipinski definition) is 3. The van der Waals surface area contributed by atoms with Gasteiger partial charge in [0.1, 0.15) is 41.8 Å². The minimum atomic E-state index is -1.05. The predicted molar refractivity (Wildman–Crippen MR) is 171 cm³/mol. The van der Waals surface area contributed by atoms with E-state index in [1.54, 1.807) is 0 Å². The molecule has 3 aliphatic rings. The molecule has 4 bridgehead atoms. The number of ether oxygens (including phenoxy) is 2. The molecule has 242 valence electrons. The van der Waals surface area contributed by atoms with Crippen molar-refractivity contribution < 1.29 is 32.7 Å². The van der Waals surface area contributed by atoms with E-state index in [0.717, 1.165) is 27.9 Å². The van der Waals surface area contributed by atoms with E-state index < -0.39 is 35.7 Å². The van der Waals surface area contributed by atoms with Gasteiger partial charge in [-0.25, -0.2) is 14.8 Å². The number of benzene rings is 3. The Labute approximate surface area is 274 Å². The molecule has 2 amide bonds. The number of fused-ring (bicyclic) bond motifs is 4. The third-order valence-corrected chi connectivity index (χ3v) is 9.08. The highest BCUT2D eigenvalue weighted by Gasteiger charge is 2.61. The largest absolute Gasteiger partial charge is 0.469 e. The highest BCUT2D eigenvalue weighted by Crippen LogP contribution is 2.59. The highest BCUT2D eigenvalue weighted by atomic mass is 16.5. The first-order chi connectivity index (χ1) is 23.3. The molecule has 0 radical (unpaired) electrons. The summed E-state index contributed by atoms with van der Waals surface area (Å²) < 4.78 is 24.6. The van der Waals surface area contributed by atoms with Gasteiger partial charge in [0.15, 0.2) is 24.0 Å². The number of rotatable bonds is 6. The van der Waals surface area contributed by atoms with E-state index >= 15 is 0 Å². The summed E-state index contributed by atoms with van der Waals surface area (Å²) >= 11 is 0. The van der Waals surface area contributed by atoms with Crippen LogP contribution in [0.2, 0.25) is 0 Å². The maximum Gasteiger partial charge on any atom is 0.408 e. The van der Waals surface area contributed by atoms with Crippen LogP contribution in [-0.4, -0.2) is 40.5 Å². The Balaban J connectivity index is 1.28. The molecule has 3 aromatic carbocycles. The van der Waals surface area contributed by atoms with Crippen LogP contribution in [0.5, 0.6) is 5.75 Å². The fourth-order valence-electron chi connectivity index (χ4n) is 6.80. The minimum Gasteiger partial charge on any atom is -0.469 e. The normalized spacial score (nSPS) is 21.9. The first-order valence-corrected chi connectivity index (χ1v) is 15.7. The van der Waals surface area contributed by atoms with Gasteiger partial charge in [0.25, 0.3) is 0 Å². The van der Waals surface area contributed by atoms with Gasteiger partial charge in [-0.3, -0.25) is 9.59 Å². The third kappa shape index (κ3) is 4.71. The second-order valence-corrected chi connectivity index (χ2v) is 12.4. The summed E-state index contributed by atoms with van der Waals surface area (Å²) in [6.45, 7) is 3.91. The third-order valence-electron chi connectivity index (χ3n) is 9.08. The Morgan fingerprint density at radius 1 is 1.06 bits per heavy atom. The number of nitrogens with zero attached hydrogens (tertiary/aromatic N) is 2. The predicted octanol–water partition coefficient (Wildman–Crippen LogP) is 5.28. The average molecular weight is 646 g/mol. The molecule has 12 heteroatoms. The average Bonchev–Trinajstić information content (AvgIpc) is 3.87. The zero-order valence-corrected chi connectivity index (χ0v) is 26.1. The molecule has 0 saturated carbocycles. The second-order valence-electron chi connectivity index (χ2n) is 12.4. The van der Waals surface area contributed by atoms with Gasteiger partial charge in [-0.2, -0.15) is 0 Å². The number of anilines is 1. The molecule has 2 aromatic heterocycles. The number of alkyl carbamates (subject to hydrolysis) is 1. The second kappa shape index (κ2) is 11.4. The van der Waals surface area contributed by atoms with Crippen LogP contribution in [0.3, 0.4) is 0 Å². The number of aldehydes is 1. The Hall–Kier alpha value is -5.91. The minimum absolute atomic E-state index is 0.0522. The van der Waals surface area contributed by atoms with Crippen molar-refractivity contribution in [2.24, 2.45) is 5.92 Å². The number of aromatic nitrogens is 2. The van der Waals surface area contributed by atoms with E-state index in [1.807, 2.05) is 86.6 Å². The molecule has 0 aliphatic carbocycles. The van der Waals surface area contributed by atoms with Crippen molar-refractivity contribution in [1.82, 2.24) is 20.6 Å². The highest BCUT2D eigenvalue weighted by molar-refractivity contribution is 5.86. The van der Waals surface area contributed by atoms with Crippen LogP contribution in [0.25, 0.3) is 11.6 Å². The van der Waals surface area contributed by atoms with Gasteiger partial charge in [0, 0.05) is 17.7 Å². The Bertz CT molecular complexity index is 2050. The molecule has 5 aromatic rings. The van der Waals surface area contributed by atoms with Crippen LogP contribution in [0, 0.1) is 5.92 Å². The summed E-state index contributed by atoms with van der Waals surface area (Å²) in [4.78, 5) is 47.9. The fraction of sp³-hybridized carbons (Fsp3) is 0.250. The van der Waals surface area contributed by atoms with Gasteiger partial charge in [-0.15, -0.1) is 0 Å². The molecule has 3 N–H and O–H groups in total. The zero-order chi connectivity index (χ0) is 33.0. The standard InChI is InChI=1S/C36H31N5O7/c1-19(2)28-33-41-29(32-37-22(16-42)18-45-32)30(48-33)36-23-10-6-7-11-25(23)38-34(36)47-27-13-12-21(14-24(27)36)15-26(31(43)40-28)39-35(44)46-17-20-8-4-3-5-9-20/h3-14,16,18-19,26,28,34,38H,15,17H2,1-2H3,(H,39,44)(H,40,43)/t26?,28-,34-,36?/m0/s1.